The van der Waals surface area contributed by atoms with Crippen LogP contribution in [0.4, 0.5) is 18.9 Å². The van der Waals surface area contributed by atoms with Gasteiger partial charge in [-0.1, -0.05) is 0 Å². The molecule has 6 nitrogen and oxygen atoms in total. The third-order valence-electron chi connectivity index (χ3n) is 2.33. The van der Waals surface area contributed by atoms with Crippen LogP contribution in [0.1, 0.15) is 18.1 Å². The summed E-state index contributed by atoms with van der Waals surface area (Å²) in [5, 5.41) is 0. The number of carbonyl (C=O) groups is 1. The molecule has 9 heteroatoms. The molecule has 0 amide bonds. The van der Waals surface area contributed by atoms with Crippen molar-refractivity contribution in [1.29, 1.82) is 0 Å². The smallest absolute Gasteiger partial charge is 0.466 e. The van der Waals surface area contributed by atoms with E-state index < -0.39 is 24.6 Å². The number of carbonyl (C=O) groups excluding carboxylic acids is 1. The number of aromatic nitrogens is 1. The van der Waals surface area contributed by atoms with Gasteiger partial charge in [-0.25, -0.2) is 4.98 Å². The van der Waals surface area contributed by atoms with Gasteiger partial charge in [-0.15, -0.1) is 13.2 Å². The largest absolute Gasteiger partial charge is 0.574 e. The average Bonchev–Trinajstić information content (AvgIpc) is 2.32. The lowest BCUT2D eigenvalue weighted by atomic mass is 10.1. The summed E-state index contributed by atoms with van der Waals surface area (Å²) < 4.78 is 45.3. The number of hydrogen-bond acceptors (Lipinski definition) is 6. The van der Waals surface area contributed by atoms with E-state index in [1.54, 1.807) is 6.92 Å². The minimum absolute atomic E-state index is 0.0268. The van der Waals surface area contributed by atoms with Crippen molar-refractivity contribution >= 4 is 11.7 Å². The number of alkyl halides is 3. The zero-order chi connectivity index (χ0) is 15.3. The highest BCUT2D eigenvalue weighted by Gasteiger charge is 2.34. The highest BCUT2D eigenvalue weighted by atomic mass is 19.4. The maximum atomic E-state index is 12.3. The molecule has 0 unspecified atom stereocenters. The van der Waals surface area contributed by atoms with Gasteiger partial charge in [0.05, 0.1) is 13.0 Å². The first-order chi connectivity index (χ1) is 9.28. The molecule has 112 valence electrons. The van der Waals surface area contributed by atoms with Crippen LogP contribution in [0.5, 0.6) is 5.88 Å². The number of esters is 1. The van der Waals surface area contributed by atoms with Crippen molar-refractivity contribution in [1.82, 2.24) is 4.98 Å². The van der Waals surface area contributed by atoms with Crippen molar-refractivity contribution < 1.29 is 27.4 Å². The van der Waals surface area contributed by atoms with E-state index in [4.69, 9.17) is 11.5 Å². The summed E-state index contributed by atoms with van der Waals surface area (Å²) >= 11 is 0. The standard InChI is InChI=1S/C11H14F3N3O3/c1-2-19-8(18)3-7-9(16)6(4-15)5-17-10(7)20-11(12,13)14/h5H,2-4,15H2,1H3,(H2,16,17). The number of nitrogens with zero attached hydrogens (tertiary/aromatic N) is 1. The van der Waals surface area contributed by atoms with Gasteiger partial charge in [-0.3, -0.25) is 4.79 Å². The van der Waals surface area contributed by atoms with Crippen LogP contribution in [-0.4, -0.2) is 23.9 Å². The molecule has 1 rings (SSSR count). The predicted octanol–water partition coefficient (Wildman–Crippen LogP) is 1.13. The molecule has 4 N–H and O–H groups in total. The van der Waals surface area contributed by atoms with Crippen LogP contribution in [0.15, 0.2) is 6.20 Å². The number of anilines is 1. The molecule has 0 radical (unpaired) electrons. The second-order valence-electron chi connectivity index (χ2n) is 3.71. The fourth-order valence-electron chi connectivity index (χ4n) is 1.48. The molecule has 0 aliphatic carbocycles. The zero-order valence-corrected chi connectivity index (χ0v) is 10.7. The van der Waals surface area contributed by atoms with E-state index in [1.807, 2.05) is 0 Å². The lowest BCUT2D eigenvalue weighted by Crippen LogP contribution is -2.21. The number of nitrogen functional groups attached to an aromatic ring is 1. The van der Waals surface area contributed by atoms with E-state index in [0.717, 1.165) is 6.20 Å². The quantitative estimate of drug-likeness (QED) is 0.789. The molecule has 0 spiro atoms. The average molecular weight is 293 g/mol. The Balaban J connectivity index is 3.16. The van der Waals surface area contributed by atoms with Gasteiger partial charge < -0.3 is 20.9 Å². The molecule has 1 heterocycles. The zero-order valence-electron chi connectivity index (χ0n) is 10.7. The van der Waals surface area contributed by atoms with Crippen LogP contribution < -0.4 is 16.2 Å². The Bertz CT molecular complexity index is 492. The van der Waals surface area contributed by atoms with Crippen LogP contribution >= 0.6 is 0 Å². The van der Waals surface area contributed by atoms with Crippen molar-refractivity contribution in [2.75, 3.05) is 12.3 Å². The van der Waals surface area contributed by atoms with Gasteiger partial charge in [0.1, 0.15) is 0 Å². The second-order valence-corrected chi connectivity index (χ2v) is 3.71. The van der Waals surface area contributed by atoms with Crippen LogP contribution in [0.3, 0.4) is 0 Å². The highest BCUT2D eigenvalue weighted by molar-refractivity contribution is 5.76. The molecule has 1 aromatic rings. The lowest BCUT2D eigenvalue weighted by Gasteiger charge is -2.15. The summed E-state index contributed by atoms with van der Waals surface area (Å²) in [6.45, 7) is 1.64. The van der Waals surface area contributed by atoms with Crippen LogP contribution in [0, 0.1) is 0 Å². The highest BCUT2D eigenvalue weighted by Crippen LogP contribution is 2.30. The number of halogens is 3. The minimum atomic E-state index is -4.94. The monoisotopic (exact) mass is 293 g/mol. The van der Waals surface area contributed by atoms with Gasteiger partial charge in [0, 0.05) is 29.6 Å². The SMILES string of the molecule is CCOC(=O)Cc1c(OC(F)(F)F)ncc(CN)c1N. The molecule has 20 heavy (non-hydrogen) atoms. The molecule has 0 atom stereocenters. The Kier molecular flexibility index (Phi) is 5.14. The maximum absolute atomic E-state index is 12.3. The first-order valence-electron chi connectivity index (χ1n) is 5.66. The fraction of sp³-hybridized carbons (Fsp3) is 0.455. The summed E-state index contributed by atoms with van der Waals surface area (Å²) in [5.41, 5.74) is 11.1. The van der Waals surface area contributed by atoms with Crippen molar-refractivity contribution in [2.45, 2.75) is 26.3 Å². The number of pyridine rings is 1. The summed E-state index contributed by atoms with van der Waals surface area (Å²) in [7, 11) is 0. The number of ether oxygens (including phenoxy) is 2. The Morgan fingerprint density at radius 3 is 2.60 bits per heavy atom. The third-order valence-corrected chi connectivity index (χ3v) is 2.33. The van der Waals surface area contributed by atoms with Crippen molar-refractivity contribution in [3.05, 3.63) is 17.3 Å². The summed E-state index contributed by atoms with van der Waals surface area (Å²) in [6.07, 6.45) is -4.34. The summed E-state index contributed by atoms with van der Waals surface area (Å²) in [6, 6.07) is 0. The molecular formula is C11H14F3N3O3. The number of rotatable bonds is 5. The van der Waals surface area contributed by atoms with Gasteiger partial charge >= 0.3 is 12.3 Å². The first kappa shape index (κ1) is 16.0. The molecule has 0 aliphatic heterocycles. The normalized spacial score (nSPS) is 11.2. The van der Waals surface area contributed by atoms with Gasteiger partial charge in [0.2, 0.25) is 5.88 Å². The molecule has 0 saturated heterocycles. The lowest BCUT2D eigenvalue weighted by molar-refractivity contribution is -0.276. The summed E-state index contributed by atoms with van der Waals surface area (Å²) in [4.78, 5) is 14.9. The summed E-state index contributed by atoms with van der Waals surface area (Å²) in [5.74, 6) is -1.51. The Morgan fingerprint density at radius 1 is 1.45 bits per heavy atom. The molecule has 0 bridgehead atoms. The van der Waals surface area contributed by atoms with E-state index in [-0.39, 0.29) is 24.4 Å². The predicted molar refractivity (Wildman–Crippen MR) is 63.6 cm³/mol. The third kappa shape index (κ3) is 4.26. The molecule has 0 aromatic carbocycles. The maximum Gasteiger partial charge on any atom is 0.574 e. The van der Waals surface area contributed by atoms with E-state index in [1.165, 1.54) is 0 Å². The van der Waals surface area contributed by atoms with E-state index in [9.17, 15) is 18.0 Å². The Labute approximate surface area is 112 Å². The van der Waals surface area contributed by atoms with Gasteiger partial charge in [0.15, 0.2) is 0 Å². The van der Waals surface area contributed by atoms with E-state index >= 15 is 0 Å². The van der Waals surface area contributed by atoms with Crippen LogP contribution in [-0.2, 0) is 22.5 Å². The molecule has 0 fully saturated rings. The number of hydrogen-bond donors (Lipinski definition) is 2. The van der Waals surface area contributed by atoms with Crippen molar-refractivity contribution in [3.8, 4) is 5.88 Å². The van der Waals surface area contributed by atoms with Gasteiger partial charge in [-0.05, 0) is 6.92 Å². The molecule has 0 saturated carbocycles. The topological polar surface area (TPSA) is 100 Å². The fourth-order valence-corrected chi connectivity index (χ4v) is 1.48. The van der Waals surface area contributed by atoms with E-state index in [2.05, 4.69) is 14.5 Å². The van der Waals surface area contributed by atoms with Crippen LogP contribution in [0.25, 0.3) is 0 Å². The molecule has 1 aromatic heterocycles. The van der Waals surface area contributed by atoms with Gasteiger partial charge in [0.25, 0.3) is 0 Å². The second kappa shape index (κ2) is 6.42. The molecule has 0 aliphatic rings. The Morgan fingerprint density at radius 2 is 2.10 bits per heavy atom. The minimum Gasteiger partial charge on any atom is -0.466 e. The first-order valence-corrected chi connectivity index (χ1v) is 5.66. The number of nitrogens with two attached hydrogens (primary N) is 2. The Hall–Kier alpha value is -2.03. The van der Waals surface area contributed by atoms with E-state index in [0.29, 0.717) is 5.56 Å². The molecular weight excluding hydrogens is 279 g/mol. The van der Waals surface area contributed by atoms with Gasteiger partial charge in [-0.2, -0.15) is 0 Å². The van der Waals surface area contributed by atoms with Crippen LogP contribution in [0.2, 0.25) is 0 Å². The van der Waals surface area contributed by atoms with Crippen molar-refractivity contribution in [2.24, 2.45) is 5.73 Å². The van der Waals surface area contributed by atoms with Crippen molar-refractivity contribution in [3.63, 3.8) is 0 Å².